The minimum atomic E-state index is -4.52. The van der Waals surface area contributed by atoms with Crippen LogP contribution in [-0.2, 0) is 28.8 Å². The van der Waals surface area contributed by atoms with Gasteiger partial charge in [0.15, 0.2) is 0 Å². The Hall–Kier alpha value is -2.39. The largest absolute Gasteiger partial charge is 0.466 e. The quantitative estimate of drug-likeness (QED) is 0.614. The fraction of sp³-hybridized carbons (Fsp3) is 0.231. The third kappa shape index (κ3) is 4.86. The van der Waals surface area contributed by atoms with Crippen molar-refractivity contribution in [3.8, 4) is 0 Å². The molecular weight excluding hydrogens is 314 g/mol. The van der Waals surface area contributed by atoms with E-state index in [0.29, 0.717) is 5.56 Å². The van der Waals surface area contributed by atoms with Gasteiger partial charge in [-0.05, 0) is 5.56 Å². The molecule has 9 heteroatoms. The zero-order chi connectivity index (χ0) is 16.8. The van der Waals surface area contributed by atoms with Crippen LogP contribution in [0.25, 0.3) is 0 Å². The van der Waals surface area contributed by atoms with Gasteiger partial charge in [0.2, 0.25) is 0 Å². The number of nitrogens with one attached hydrogen (secondary N) is 1. The lowest BCUT2D eigenvalue weighted by molar-refractivity contribution is -0.137. The zero-order valence-electron chi connectivity index (χ0n) is 11.9. The standard InChI is InChI=1S/C13H15NO7S/c1-9(12(15)19-2)11(10-7-5-4-6-8-10)21-22(17,18)14-13(16)20-3/h4-8,11H,1H2,2-3H3,(H,14,16). The highest BCUT2D eigenvalue weighted by molar-refractivity contribution is 7.85. The highest BCUT2D eigenvalue weighted by Crippen LogP contribution is 2.27. The molecule has 0 saturated heterocycles. The van der Waals surface area contributed by atoms with Crippen LogP contribution in [-0.4, -0.2) is 34.7 Å². The van der Waals surface area contributed by atoms with Gasteiger partial charge in [-0.2, -0.15) is 13.1 Å². The summed E-state index contributed by atoms with van der Waals surface area (Å²) in [4.78, 5) is 22.6. The van der Waals surface area contributed by atoms with E-state index in [1.54, 1.807) is 18.2 Å². The highest BCUT2D eigenvalue weighted by Gasteiger charge is 2.29. The Morgan fingerprint density at radius 3 is 2.23 bits per heavy atom. The second-order valence-corrected chi connectivity index (χ2v) is 5.26. The molecule has 1 aromatic carbocycles. The van der Waals surface area contributed by atoms with Gasteiger partial charge in [-0.3, -0.25) is 0 Å². The molecule has 0 aliphatic rings. The van der Waals surface area contributed by atoms with Crippen LogP contribution in [0, 0.1) is 0 Å². The SMILES string of the molecule is C=C(C(=O)OC)C(OS(=O)(=O)NC(=O)OC)c1ccccc1. The molecule has 0 saturated carbocycles. The van der Waals surface area contributed by atoms with Gasteiger partial charge in [0.05, 0.1) is 19.8 Å². The molecule has 1 atom stereocenters. The predicted molar refractivity (Wildman–Crippen MR) is 75.9 cm³/mol. The molecule has 0 spiro atoms. The van der Waals surface area contributed by atoms with Gasteiger partial charge in [-0.1, -0.05) is 36.9 Å². The first-order chi connectivity index (χ1) is 10.3. The lowest BCUT2D eigenvalue weighted by Crippen LogP contribution is -2.33. The molecule has 1 amide bonds. The number of hydrogen-bond acceptors (Lipinski definition) is 7. The van der Waals surface area contributed by atoms with E-state index < -0.39 is 28.5 Å². The average molecular weight is 329 g/mol. The van der Waals surface area contributed by atoms with E-state index in [9.17, 15) is 18.0 Å². The lowest BCUT2D eigenvalue weighted by Gasteiger charge is -2.18. The second-order valence-electron chi connectivity index (χ2n) is 3.95. The molecule has 120 valence electrons. The number of methoxy groups -OCH3 is 2. The molecule has 1 unspecified atom stereocenters. The van der Waals surface area contributed by atoms with Crippen molar-refractivity contribution in [2.24, 2.45) is 0 Å². The Kier molecular flexibility index (Phi) is 6.08. The van der Waals surface area contributed by atoms with Crippen molar-refractivity contribution in [3.05, 3.63) is 48.0 Å². The third-order valence-corrected chi connectivity index (χ3v) is 3.35. The monoisotopic (exact) mass is 329 g/mol. The number of carbonyl (C=O) groups is 2. The van der Waals surface area contributed by atoms with E-state index in [0.717, 1.165) is 14.2 Å². The molecule has 0 heterocycles. The van der Waals surface area contributed by atoms with Crippen molar-refractivity contribution in [1.29, 1.82) is 0 Å². The molecule has 22 heavy (non-hydrogen) atoms. The van der Waals surface area contributed by atoms with Crippen LogP contribution in [0.5, 0.6) is 0 Å². The van der Waals surface area contributed by atoms with Gasteiger partial charge in [0, 0.05) is 0 Å². The first kappa shape index (κ1) is 17.7. The van der Waals surface area contributed by atoms with Crippen molar-refractivity contribution in [2.45, 2.75) is 6.10 Å². The van der Waals surface area contributed by atoms with E-state index in [2.05, 4.69) is 16.1 Å². The van der Waals surface area contributed by atoms with Crippen molar-refractivity contribution in [2.75, 3.05) is 14.2 Å². The fourth-order valence-corrected chi connectivity index (χ4v) is 2.29. The molecule has 8 nitrogen and oxygen atoms in total. The Labute approximate surface area is 127 Å². The van der Waals surface area contributed by atoms with Gasteiger partial charge in [-0.25, -0.2) is 13.8 Å². The van der Waals surface area contributed by atoms with Crippen LogP contribution in [0.1, 0.15) is 11.7 Å². The molecule has 0 radical (unpaired) electrons. The first-order valence-corrected chi connectivity index (χ1v) is 7.32. The first-order valence-electron chi connectivity index (χ1n) is 5.91. The van der Waals surface area contributed by atoms with E-state index in [4.69, 9.17) is 4.18 Å². The summed E-state index contributed by atoms with van der Waals surface area (Å²) in [6, 6.07) is 8.01. The number of benzene rings is 1. The third-order valence-electron chi connectivity index (χ3n) is 2.48. The van der Waals surface area contributed by atoms with E-state index in [1.165, 1.54) is 16.9 Å². The molecular formula is C13H15NO7S. The topological polar surface area (TPSA) is 108 Å². The number of ether oxygens (including phenoxy) is 2. The minimum Gasteiger partial charge on any atom is -0.466 e. The van der Waals surface area contributed by atoms with Crippen LogP contribution in [0.2, 0.25) is 0 Å². The number of esters is 1. The summed E-state index contributed by atoms with van der Waals surface area (Å²) in [5.41, 5.74) is 0.0945. The summed E-state index contributed by atoms with van der Waals surface area (Å²) in [6.45, 7) is 3.48. The van der Waals surface area contributed by atoms with Gasteiger partial charge in [0.1, 0.15) is 6.10 Å². The maximum Gasteiger partial charge on any atom is 0.422 e. The maximum atomic E-state index is 11.8. The summed E-state index contributed by atoms with van der Waals surface area (Å²) in [5.74, 6) is -0.845. The number of carbonyl (C=O) groups excluding carboxylic acids is 2. The van der Waals surface area contributed by atoms with Crippen LogP contribution in [0.4, 0.5) is 4.79 Å². The van der Waals surface area contributed by atoms with Gasteiger partial charge in [0.25, 0.3) is 0 Å². The molecule has 0 aliphatic carbocycles. The zero-order valence-corrected chi connectivity index (χ0v) is 12.8. The normalized spacial score (nSPS) is 12.1. The summed E-state index contributed by atoms with van der Waals surface area (Å²) < 4.78 is 38.6. The van der Waals surface area contributed by atoms with Crippen molar-refractivity contribution in [3.63, 3.8) is 0 Å². The highest BCUT2D eigenvalue weighted by atomic mass is 32.2. The molecule has 0 fully saturated rings. The van der Waals surface area contributed by atoms with E-state index in [-0.39, 0.29) is 5.57 Å². The minimum absolute atomic E-state index is 0.246. The molecule has 0 bridgehead atoms. The van der Waals surface area contributed by atoms with E-state index >= 15 is 0 Å². The smallest absolute Gasteiger partial charge is 0.422 e. The molecule has 1 N–H and O–H groups in total. The number of rotatable bonds is 6. The number of amides is 1. The second kappa shape index (κ2) is 7.57. The van der Waals surface area contributed by atoms with Crippen LogP contribution < -0.4 is 4.72 Å². The van der Waals surface area contributed by atoms with Crippen LogP contribution >= 0.6 is 0 Å². The van der Waals surface area contributed by atoms with Crippen molar-refractivity contribution >= 4 is 22.4 Å². The molecule has 1 aromatic rings. The number of hydrogen-bond donors (Lipinski definition) is 1. The Bertz CT molecular complexity index is 654. The molecule has 0 aromatic heterocycles. The Balaban J connectivity index is 3.09. The fourth-order valence-electron chi connectivity index (χ4n) is 1.48. The summed E-state index contributed by atoms with van der Waals surface area (Å²) >= 11 is 0. The summed E-state index contributed by atoms with van der Waals surface area (Å²) in [5, 5.41) is 0. The van der Waals surface area contributed by atoms with Crippen molar-refractivity contribution < 1.29 is 31.7 Å². The predicted octanol–water partition coefficient (Wildman–Crippen LogP) is 1.07. The van der Waals surface area contributed by atoms with Crippen molar-refractivity contribution in [1.82, 2.24) is 4.72 Å². The molecule has 1 rings (SSSR count). The average Bonchev–Trinajstić information content (AvgIpc) is 2.51. The maximum absolute atomic E-state index is 11.8. The van der Waals surface area contributed by atoms with Gasteiger partial charge < -0.3 is 9.47 Å². The summed E-state index contributed by atoms with van der Waals surface area (Å²) in [6.07, 6.45) is -2.58. The Morgan fingerprint density at radius 2 is 1.73 bits per heavy atom. The lowest BCUT2D eigenvalue weighted by atomic mass is 10.0. The van der Waals surface area contributed by atoms with Crippen LogP contribution in [0.3, 0.4) is 0 Å². The van der Waals surface area contributed by atoms with Crippen LogP contribution in [0.15, 0.2) is 42.5 Å². The van der Waals surface area contributed by atoms with Gasteiger partial charge in [-0.15, -0.1) is 0 Å². The molecule has 0 aliphatic heterocycles. The Morgan fingerprint density at radius 1 is 1.14 bits per heavy atom. The summed E-state index contributed by atoms with van der Waals surface area (Å²) in [7, 11) is -2.41. The van der Waals surface area contributed by atoms with E-state index in [1.807, 2.05) is 0 Å². The van der Waals surface area contributed by atoms with Gasteiger partial charge >= 0.3 is 22.4 Å².